The number of halogens is 1. The Morgan fingerprint density at radius 3 is 2.68 bits per heavy atom. The predicted molar refractivity (Wildman–Crippen MR) is 81.3 cm³/mol. The molecule has 0 unspecified atom stereocenters. The fraction of sp³-hybridized carbons (Fsp3) is 0.312. The van der Waals surface area contributed by atoms with Crippen molar-refractivity contribution in [2.45, 2.75) is 27.3 Å². The number of nitrogens with zero attached hydrogens (tertiary/aromatic N) is 2. The first kappa shape index (κ1) is 15.9. The smallest absolute Gasteiger partial charge is 0.337 e. The summed E-state index contributed by atoms with van der Waals surface area (Å²) in [5.74, 6) is 0.425. The number of hydrogen-bond acceptors (Lipinski definition) is 5. The Hall–Kier alpha value is -2.50. The van der Waals surface area contributed by atoms with Crippen molar-refractivity contribution in [1.29, 1.82) is 0 Å². The lowest BCUT2D eigenvalue weighted by Crippen LogP contribution is -2.09. The predicted octanol–water partition coefficient (Wildman–Crippen LogP) is 2.94. The minimum Gasteiger partial charge on any atom is -0.465 e. The SMILES string of the molecule is COC(=O)c1ccc(F)c(CNc2nc(C)nc(C)c2C)c1. The van der Waals surface area contributed by atoms with Gasteiger partial charge in [0, 0.05) is 23.4 Å². The zero-order valence-corrected chi connectivity index (χ0v) is 13.0. The summed E-state index contributed by atoms with van der Waals surface area (Å²) in [5, 5.41) is 3.09. The Labute approximate surface area is 128 Å². The maximum atomic E-state index is 13.9. The zero-order chi connectivity index (χ0) is 16.3. The number of anilines is 1. The minimum atomic E-state index is -0.494. The topological polar surface area (TPSA) is 64.1 Å². The highest BCUT2D eigenvalue weighted by atomic mass is 19.1. The van der Waals surface area contributed by atoms with E-state index in [0.29, 0.717) is 22.8 Å². The Morgan fingerprint density at radius 1 is 1.27 bits per heavy atom. The van der Waals surface area contributed by atoms with Crippen LogP contribution in [0.4, 0.5) is 10.2 Å². The molecule has 2 rings (SSSR count). The second kappa shape index (κ2) is 6.51. The van der Waals surface area contributed by atoms with Gasteiger partial charge in [-0.05, 0) is 39.0 Å². The van der Waals surface area contributed by atoms with E-state index in [0.717, 1.165) is 11.3 Å². The van der Waals surface area contributed by atoms with Crippen LogP contribution in [-0.2, 0) is 11.3 Å². The summed E-state index contributed by atoms with van der Waals surface area (Å²) in [6, 6.07) is 4.13. The minimum absolute atomic E-state index is 0.216. The van der Waals surface area contributed by atoms with Gasteiger partial charge in [-0.3, -0.25) is 0 Å². The highest BCUT2D eigenvalue weighted by Crippen LogP contribution is 2.17. The number of benzene rings is 1. The molecule has 0 atom stereocenters. The number of esters is 1. The van der Waals surface area contributed by atoms with Gasteiger partial charge < -0.3 is 10.1 Å². The van der Waals surface area contributed by atoms with Gasteiger partial charge in [-0.25, -0.2) is 19.2 Å². The highest BCUT2D eigenvalue weighted by Gasteiger charge is 2.11. The summed E-state index contributed by atoms with van der Waals surface area (Å²) in [4.78, 5) is 20.1. The number of aryl methyl sites for hydroxylation is 2. The Balaban J connectivity index is 2.23. The number of ether oxygens (including phenoxy) is 1. The van der Waals surface area contributed by atoms with Crippen molar-refractivity contribution in [3.63, 3.8) is 0 Å². The zero-order valence-electron chi connectivity index (χ0n) is 13.0. The van der Waals surface area contributed by atoms with Crippen LogP contribution in [0.3, 0.4) is 0 Å². The van der Waals surface area contributed by atoms with Gasteiger partial charge in [0.25, 0.3) is 0 Å². The second-order valence-corrected chi connectivity index (χ2v) is 4.98. The molecule has 0 saturated carbocycles. The lowest BCUT2D eigenvalue weighted by atomic mass is 10.1. The van der Waals surface area contributed by atoms with E-state index in [2.05, 4.69) is 20.0 Å². The average Bonchev–Trinajstić information content (AvgIpc) is 2.50. The van der Waals surface area contributed by atoms with Gasteiger partial charge in [0.2, 0.25) is 0 Å². The summed E-state index contributed by atoms with van der Waals surface area (Å²) in [7, 11) is 1.29. The van der Waals surface area contributed by atoms with Crippen molar-refractivity contribution in [3.05, 3.63) is 52.2 Å². The van der Waals surface area contributed by atoms with E-state index >= 15 is 0 Å². The monoisotopic (exact) mass is 303 g/mol. The van der Waals surface area contributed by atoms with E-state index in [1.54, 1.807) is 6.92 Å². The van der Waals surface area contributed by atoms with Crippen LogP contribution in [0.25, 0.3) is 0 Å². The number of aromatic nitrogens is 2. The molecule has 0 aliphatic rings. The highest BCUT2D eigenvalue weighted by molar-refractivity contribution is 5.89. The largest absolute Gasteiger partial charge is 0.465 e. The first-order valence-corrected chi connectivity index (χ1v) is 6.85. The van der Waals surface area contributed by atoms with Crippen LogP contribution >= 0.6 is 0 Å². The van der Waals surface area contributed by atoms with Gasteiger partial charge in [-0.15, -0.1) is 0 Å². The van der Waals surface area contributed by atoms with Gasteiger partial charge >= 0.3 is 5.97 Å². The molecule has 6 heteroatoms. The Bertz CT molecular complexity index is 717. The molecule has 1 N–H and O–H groups in total. The van der Waals surface area contributed by atoms with E-state index in [9.17, 15) is 9.18 Å². The molecular weight excluding hydrogens is 285 g/mol. The fourth-order valence-corrected chi connectivity index (χ4v) is 2.07. The molecule has 22 heavy (non-hydrogen) atoms. The van der Waals surface area contributed by atoms with Crippen molar-refractivity contribution >= 4 is 11.8 Å². The molecule has 0 radical (unpaired) electrons. The average molecular weight is 303 g/mol. The lowest BCUT2D eigenvalue weighted by Gasteiger charge is -2.12. The third kappa shape index (κ3) is 3.39. The van der Waals surface area contributed by atoms with E-state index in [-0.39, 0.29) is 12.4 Å². The number of hydrogen-bond donors (Lipinski definition) is 1. The van der Waals surface area contributed by atoms with Crippen LogP contribution in [-0.4, -0.2) is 23.0 Å². The number of carbonyl (C=O) groups excluding carboxylic acids is 1. The van der Waals surface area contributed by atoms with Crippen molar-refractivity contribution in [2.75, 3.05) is 12.4 Å². The van der Waals surface area contributed by atoms with E-state index in [1.165, 1.54) is 25.3 Å². The molecule has 1 heterocycles. The van der Waals surface area contributed by atoms with E-state index in [4.69, 9.17) is 0 Å². The molecule has 0 fully saturated rings. The van der Waals surface area contributed by atoms with E-state index in [1.807, 2.05) is 13.8 Å². The quantitative estimate of drug-likeness (QED) is 0.880. The van der Waals surface area contributed by atoms with Crippen LogP contribution in [0.1, 0.15) is 33.0 Å². The van der Waals surface area contributed by atoms with Crippen LogP contribution in [0, 0.1) is 26.6 Å². The number of rotatable bonds is 4. The molecule has 5 nitrogen and oxygen atoms in total. The van der Waals surface area contributed by atoms with Crippen molar-refractivity contribution in [3.8, 4) is 0 Å². The third-order valence-electron chi connectivity index (χ3n) is 3.41. The number of nitrogens with one attached hydrogen (secondary N) is 1. The van der Waals surface area contributed by atoms with Gasteiger partial charge in [-0.2, -0.15) is 0 Å². The molecule has 0 amide bonds. The molecule has 2 aromatic rings. The Morgan fingerprint density at radius 2 is 2.00 bits per heavy atom. The summed E-state index contributed by atoms with van der Waals surface area (Å²) in [6.45, 7) is 5.81. The van der Waals surface area contributed by atoms with E-state index < -0.39 is 5.97 Å². The van der Waals surface area contributed by atoms with Crippen molar-refractivity contribution < 1.29 is 13.9 Å². The normalized spacial score (nSPS) is 10.4. The summed E-state index contributed by atoms with van der Waals surface area (Å²) < 4.78 is 18.5. The Kier molecular flexibility index (Phi) is 4.70. The first-order valence-electron chi connectivity index (χ1n) is 6.85. The second-order valence-electron chi connectivity index (χ2n) is 4.98. The molecule has 0 aliphatic heterocycles. The summed E-state index contributed by atoms with van der Waals surface area (Å²) >= 11 is 0. The van der Waals surface area contributed by atoms with Crippen LogP contribution in [0.15, 0.2) is 18.2 Å². The van der Waals surface area contributed by atoms with Gasteiger partial charge in [0.15, 0.2) is 0 Å². The standard InChI is InChI=1S/C16H18FN3O2/c1-9-10(2)19-11(3)20-15(9)18-8-13-7-12(16(21)22-4)5-6-14(13)17/h5-7H,8H2,1-4H3,(H,18,19,20). The molecule has 1 aromatic heterocycles. The van der Waals surface area contributed by atoms with Crippen LogP contribution < -0.4 is 5.32 Å². The molecule has 0 aliphatic carbocycles. The van der Waals surface area contributed by atoms with Crippen LogP contribution in [0.2, 0.25) is 0 Å². The molecular formula is C16H18FN3O2. The maximum Gasteiger partial charge on any atom is 0.337 e. The molecule has 0 spiro atoms. The first-order chi connectivity index (χ1) is 10.4. The summed E-state index contributed by atoms with van der Waals surface area (Å²) in [5.41, 5.74) is 2.47. The number of methoxy groups -OCH3 is 1. The fourth-order valence-electron chi connectivity index (χ4n) is 2.07. The molecule has 1 aromatic carbocycles. The van der Waals surface area contributed by atoms with Crippen molar-refractivity contribution in [1.82, 2.24) is 9.97 Å². The maximum absolute atomic E-state index is 13.9. The molecule has 0 saturated heterocycles. The van der Waals surface area contributed by atoms with Crippen molar-refractivity contribution in [2.24, 2.45) is 0 Å². The van der Waals surface area contributed by atoms with Gasteiger partial charge in [0.1, 0.15) is 17.5 Å². The lowest BCUT2D eigenvalue weighted by molar-refractivity contribution is 0.0600. The molecule has 116 valence electrons. The number of carbonyl (C=O) groups is 1. The van der Waals surface area contributed by atoms with Crippen LogP contribution in [0.5, 0.6) is 0 Å². The van der Waals surface area contributed by atoms with Gasteiger partial charge in [0.05, 0.1) is 12.7 Å². The molecule has 0 bridgehead atoms. The summed E-state index contributed by atoms with van der Waals surface area (Å²) in [6.07, 6.45) is 0. The van der Waals surface area contributed by atoms with Gasteiger partial charge in [-0.1, -0.05) is 0 Å². The third-order valence-corrected chi connectivity index (χ3v) is 3.41.